The Kier molecular flexibility index (Phi) is 0.953. The van der Waals surface area contributed by atoms with Crippen molar-refractivity contribution in [2.45, 2.75) is 0 Å². The van der Waals surface area contributed by atoms with Crippen molar-refractivity contribution in [1.82, 2.24) is 9.97 Å². The van der Waals surface area contributed by atoms with Crippen molar-refractivity contribution in [3.63, 3.8) is 0 Å². The zero-order valence-electron chi connectivity index (χ0n) is 3.55. The fraction of sp³-hybridized carbons (Fsp3) is 0. The normalized spacial score (nSPS) is 8.71. The van der Waals surface area contributed by atoms with Crippen LogP contribution in [0.1, 0.15) is 0 Å². The Morgan fingerprint density at radius 1 is 1.86 bits per heavy atom. The van der Waals surface area contributed by atoms with E-state index in [9.17, 15) is 0 Å². The largest absolute Gasteiger partial charge is 0.330 e. The van der Waals surface area contributed by atoms with Gasteiger partial charge in [-0.3, -0.25) is 10.7 Å². The maximum Gasteiger partial charge on any atom is 0.147 e. The number of anilines is 1. The average molecular weight is 99.1 g/mol. The van der Waals surface area contributed by atoms with E-state index >= 15 is 0 Å². The Hall–Kier alpha value is -1.03. The Bertz CT molecular complexity index is 125. The molecule has 1 aromatic heterocycles. The van der Waals surface area contributed by atoms with Gasteiger partial charge in [0.15, 0.2) is 0 Å². The van der Waals surface area contributed by atoms with Crippen LogP contribution >= 0.6 is 0 Å². The van der Waals surface area contributed by atoms with Crippen LogP contribution in [0.4, 0.5) is 5.82 Å². The Morgan fingerprint density at radius 2 is 2.71 bits per heavy atom. The summed E-state index contributed by atoms with van der Waals surface area (Å²) in [5.74, 6) is 0.500. The zero-order valence-corrected chi connectivity index (χ0v) is 3.55. The number of imidazole rings is 1. The van der Waals surface area contributed by atoms with E-state index in [1.165, 1.54) is 12.5 Å². The predicted octanol–water partition coefficient (Wildman–Crippen LogP) is 0.211. The number of rotatable bonds is 1. The highest BCUT2D eigenvalue weighted by Crippen LogP contribution is 1.92. The molecule has 38 valence electrons. The molecule has 4 heteroatoms. The second-order valence-electron chi connectivity index (χ2n) is 1.08. The lowest BCUT2D eigenvalue weighted by molar-refractivity contribution is 0.386. The molecule has 0 spiro atoms. The average Bonchev–Trinajstić information content (AvgIpc) is 2.14. The van der Waals surface area contributed by atoms with Gasteiger partial charge in [0.2, 0.25) is 0 Å². The topological polar surface area (TPSA) is 60.9 Å². The number of H-pyrrole nitrogens is 1. The Morgan fingerprint density at radius 3 is 3.00 bits per heavy atom. The molecule has 0 aromatic carbocycles. The van der Waals surface area contributed by atoms with E-state index < -0.39 is 0 Å². The molecule has 0 bridgehead atoms. The van der Waals surface area contributed by atoms with Gasteiger partial charge in [0.05, 0.1) is 12.5 Å². The summed E-state index contributed by atoms with van der Waals surface area (Å²) in [5, 5.41) is 8.11. The van der Waals surface area contributed by atoms with Crippen LogP contribution < -0.4 is 5.48 Å². The van der Waals surface area contributed by atoms with Crippen molar-refractivity contribution in [3.05, 3.63) is 12.5 Å². The van der Waals surface area contributed by atoms with Crippen LogP contribution in [0, 0.1) is 0 Å². The van der Waals surface area contributed by atoms with Crippen LogP contribution in [0.2, 0.25) is 0 Å². The highest BCUT2D eigenvalue weighted by atomic mass is 16.5. The molecule has 0 atom stereocenters. The van der Waals surface area contributed by atoms with E-state index in [0.29, 0.717) is 5.82 Å². The molecule has 3 N–H and O–H groups in total. The molecule has 0 amide bonds. The van der Waals surface area contributed by atoms with Crippen LogP contribution in [0.5, 0.6) is 0 Å². The first-order chi connectivity index (χ1) is 3.43. The zero-order chi connectivity index (χ0) is 5.11. The fourth-order valence-corrected chi connectivity index (χ4v) is 0.317. The number of aromatic amines is 1. The van der Waals surface area contributed by atoms with Crippen LogP contribution in [-0.4, -0.2) is 15.2 Å². The van der Waals surface area contributed by atoms with Gasteiger partial charge in [-0.1, -0.05) is 0 Å². The van der Waals surface area contributed by atoms with Gasteiger partial charge in [0.25, 0.3) is 0 Å². The molecule has 1 rings (SSSR count). The summed E-state index contributed by atoms with van der Waals surface area (Å²) >= 11 is 0. The lowest BCUT2D eigenvalue weighted by atomic mass is 10.8. The standard InChI is InChI=1S/C3H5N3O/c7-6-3-1-4-2-5-3/h1-2,6-7H,(H,4,5). The van der Waals surface area contributed by atoms with Crippen molar-refractivity contribution in [2.24, 2.45) is 0 Å². The Balaban J connectivity index is 2.76. The highest BCUT2D eigenvalue weighted by Gasteiger charge is 1.81. The van der Waals surface area contributed by atoms with Crippen molar-refractivity contribution < 1.29 is 5.21 Å². The Labute approximate surface area is 40.2 Å². The van der Waals surface area contributed by atoms with E-state index in [2.05, 4.69) is 9.97 Å². The molecule has 0 fully saturated rings. The predicted molar refractivity (Wildman–Crippen MR) is 24.0 cm³/mol. The number of nitrogens with one attached hydrogen (secondary N) is 2. The van der Waals surface area contributed by atoms with Crippen LogP contribution in [-0.2, 0) is 0 Å². The maximum absolute atomic E-state index is 8.11. The fourth-order valence-electron chi connectivity index (χ4n) is 0.317. The van der Waals surface area contributed by atoms with Crippen LogP contribution in [0.25, 0.3) is 0 Å². The lowest BCUT2D eigenvalue weighted by Crippen LogP contribution is -1.86. The van der Waals surface area contributed by atoms with Crippen LogP contribution in [0.15, 0.2) is 12.5 Å². The number of hydrogen-bond donors (Lipinski definition) is 3. The van der Waals surface area contributed by atoms with Gasteiger partial charge in [-0.05, 0) is 0 Å². The van der Waals surface area contributed by atoms with E-state index in [4.69, 9.17) is 5.21 Å². The minimum atomic E-state index is 0.500. The first-order valence-electron chi connectivity index (χ1n) is 1.82. The molecule has 0 unspecified atom stereocenters. The van der Waals surface area contributed by atoms with Gasteiger partial charge in [-0.25, -0.2) is 4.98 Å². The third-order valence-electron chi connectivity index (χ3n) is 0.619. The third-order valence-corrected chi connectivity index (χ3v) is 0.619. The molecular formula is C3H5N3O. The summed E-state index contributed by atoms with van der Waals surface area (Å²) in [4.78, 5) is 6.23. The smallest absolute Gasteiger partial charge is 0.147 e. The van der Waals surface area contributed by atoms with Gasteiger partial charge < -0.3 is 4.98 Å². The van der Waals surface area contributed by atoms with E-state index in [0.717, 1.165) is 0 Å². The van der Waals surface area contributed by atoms with E-state index in [1.54, 1.807) is 0 Å². The van der Waals surface area contributed by atoms with Gasteiger partial charge in [-0.15, -0.1) is 0 Å². The van der Waals surface area contributed by atoms with Crippen LogP contribution in [0.3, 0.4) is 0 Å². The quantitative estimate of drug-likeness (QED) is 0.441. The monoisotopic (exact) mass is 99.0 g/mol. The van der Waals surface area contributed by atoms with Crippen molar-refractivity contribution >= 4 is 5.82 Å². The summed E-state index contributed by atoms with van der Waals surface area (Å²) in [6.45, 7) is 0. The summed E-state index contributed by atoms with van der Waals surface area (Å²) in [6, 6.07) is 0. The van der Waals surface area contributed by atoms with Crippen molar-refractivity contribution in [2.75, 3.05) is 5.48 Å². The second kappa shape index (κ2) is 1.61. The molecule has 7 heavy (non-hydrogen) atoms. The minimum Gasteiger partial charge on any atom is -0.330 e. The molecule has 0 aliphatic heterocycles. The molecule has 1 heterocycles. The van der Waals surface area contributed by atoms with E-state index in [-0.39, 0.29) is 0 Å². The van der Waals surface area contributed by atoms with Gasteiger partial charge in [0.1, 0.15) is 5.82 Å². The summed E-state index contributed by atoms with van der Waals surface area (Å²) in [5.41, 5.74) is 1.89. The second-order valence-corrected chi connectivity index (χ2v) is 1.08. The molecule has 4 nitrogen and oxygen atoms in total. The molecule has 1 aromatic rings. The van der Waals surface area contributed by atoms with E-state index in [1.807, 2.05) is 5.48 Å². The highest BCUT2D eigenvalue weighted by molar-refractivity contribution is 5.25. The lowest BCUT2D eigenvalue weighted by Gasteiger charge is -1.84. The molecule has 0 aliphatic carbocycles. The summed E-state index contributed by atoms with van der Waals surface area (Å²) < 4.78 is 0. The SMILES string of the molecule is ONc1cnc[nH]1. The first-order valence-corrected chi connectivity index (χ1v) is 1.82. The molecular weight excluding hydrogens is 94.1 g/mol. The molecule has 0 aliphatic rings. The van der Waals surface area contributed by atoms with Crippen molar-refractivity contribution in [3.8, 4) is 0 Å². The summed E-state index contributed by atoms with van der Waals surface area (Å²) in [6.07, 6.45) is 2.94. The van der Waals surface area contributed by atoms with Gasteiger partial charge >= 0.3 is 0 Å². The number of aromatic nitrogens is 2. The van der Waals surface area contributed by atoms with Gasteiger partial charge in [0, 0.05) is 0 Å². The molecule has 0 radical (unpaired) electrons. The maximum atomic E-state index is 8.11. The van der Waals surface area contributed by atoms with Gasteiger partial charge in [-0.2, -0.15) is 0 Å². The molecule has 0 saturated carbocycles. The first kappa shape index (κ1) is 4.14. The third kappa shape index (κ3) is 0.690. The molecule has 0 saturated heterocycles. The minimum absolute atomic E-state index is 0.500. The number of nitrogens with zero attached hydrogens (tertiary/aromatic N) is 1. The van der Waals surface area contributed by atoms with Crippen molar-refractivity contribution in [1.29, 1.82) is 0 Å². The summed E-state index contributed by atoms with van der Waals surface area (Å²) in [7, 11) is 0. The number of hydrogen-bond acceptors (Lipinski definition) is 3.